The molecule has 1 heterocycles. The van der Waals surface area contributed by atoms with Crippen LogP contribution in [0.3, 0.4) is 0 Å². The number of hydrogen-bond donors (Lipinski definition) is 0. The van der Waals surface area contributed by atoms with E-state index in [1.807, 2.05) is 65.8 Å². The number of carbonyl (C=O) groups excluding carboxylic acids is 3. The van der Waals surface area contributed by atoms with Crippen LogP contribution in [0.5, 0.6) is 0 Å². The first-order valence-electron chi connectivity index (χ1n) is 9.95. The third kappa shape index (κ3) is 4.26. The Morgan fingerprint density at radius 1 is 0.964 bits per heavy atom. The molecule has 0 aliphatic heterocycles. The molecule has 28 heavy (non-hydrogen) atoms. The van der Waals surface area contributed by atoms with Gasteiger partial charge in [0.1, 0.15) is 6.54 Å². The first-order chi connectivity index (χ1) is 13.2. The highest BCUT2D eigenvalue weighted by Crippen LogP contribution is 2.23. The molecule has 1 aromatic heterocycles. The normalized spacial score (nSPS) is 11.3. The summed E-state index contributed by atoms with van der Waals surface area (Å²) in [5.41, 5.74) is 1.12. The Bertz CT molecular complexity index is 855. The van der Waals surface area contributed by atoms with Crippen molar-refractivity contribution in [2.75, 3.05) is 13.1 Å². The summed E-state index contributed by atoms with van der Waals surface area (Å²) in [6.07, 6.45) is 1.64. The Labute approximate surface area is 167 Å². The number of rotatable bonds is 8. The number of fused-ring (bicyclic) bond motifs is 1. The molecule has 6 heteroatoms. The Kier molecular flexibility index (Phi) is 7.00. The highest BCUT2D eigenvalue weighted by atomic mass is 16.2. The van der Waals surface area contributed by atoms with Crippen LogP contribution in [0.2, 0.25) is 0 Å². The SMILES string of the molecule is CCN(CC)C(=O)Cn1cc(C(=O)C(=O)N(C(C)C)C(C)C)c2ccccc21. The van der Waals surface area contributed by atoms with E-state index in [2.05, 4.69) is 0 Å². The minimum atomic E-state index is -0.535. The summed E-state index contributed by atoms with van der Waals surface area (Å²) in [5, 5.41) is 0.695. The Balaban J connectivity index is 2.45. The number of carbonyl (C=O) groups is 3. The Morgan fingerprint density at radius 2 is 1.54 bits per heavy atom. The Morgan fingerprint density at radius 3 is 2.07 bits per heavy atom. The number of benzene rings is 1. The highest BCUT2D eigenvalue weighted by molar-refractivity contribution is 6.45. The monoisotopic (exact) mass is 385 g/mol. The molecular weight excluding hydrogens is 354 g/mol. The number of para-hydroxylation sites is 1. The van der Waals surface area contributed by atoms with Gasteiger partial charge in [-0.05, 0) is 47.6 Å². The average Bonchev–Trinajstić information content (AvgIpc) is 3.00. The number of likely N-dealkylation sites (N-methyl/N-ethyl adjacent to an activating group) is 1. The second-order valence-electron chi connectivity index (χ2n) is 7.48. The zero-order valence-corrected chi connectivity index (χ0v) is 17.7. The van der Waals surface area contributed by atoms with Crippen LogP contribution in [0.25, 0.3) is 10.9 Å². The molecule has 0 radical (unpaired) electrons. The lowest BCUT2D eigenvalue weighted by atomic mass is 10.1. The zero-order valence-electron chi connectivity index (χ0n) is 17.7. The predicted octanol–water partition coefficient (Wildman–Crippen LogP) is 3.34. The molecule has 0 bridgehead atoms. The number of ketones is 1. The van der Waals surface area contributed by atoms with Crippen LogP contribution in [-0.4, -0.2) is 57.1 Å². The van der Waals surface area contributed by atoms with Gasteiger partial charge in [-0.3, -0.25) is 14.4 Å². The van der Waals surface area contributed by atoms with E-state index in [9.17, 15) is 14.4 Å². The van der Waals surface area contributed by atoms with Gasteiger partial charge in [-0.25, -0.2) is 0 Å². The summed E-state index contributed by atoms with van der Waals surface area (Å²) in [6, 6.07) is 7.25. The van der Waals surface area contributed by atoms with E-state index in [-0.39, 0.29) is 24.5 Å². The minimum absolute atomic E-state index is 0.0120. The summed E-state index contributed by atoms with van der Waals surface area (Å²) < 4.78 is 1.77. The largest absolute Gasteiger partial charge is 0.342 e. The van der Waals surface area contributed by atoms with E-state index >= 15 is 0 Å². The van der Waals surface area contributed by atoms with Crippen molar-refractivity contribution in [2.45, 2.75) is 60.2 Å². The number of nitrogens with zero attached hydrogens (tertiary/aromatic N) is 3. The fraction of sp³-hybridized carbons (Fsp3) is 0.500. The fourth-order valence-electron chi connectivity index (χ4n) is 3.68. The molecule has 0 saturated carbocycles. The maximum atomic E-state index is 13.1. The smallest absolute Gasteiger partial charge is 0.295 e. The van der Waals surface area contributed by atoms with Gasteiger partial charge in [0.05, 0.1) is 5.56 Å². The predicted molar refractivity (Wildman–Crippen MR) is 111 cm³/mol. The van der Waals surface area contributed by atoms with Gasteiger partial charge in [-0.15, -0.1) is 0 Å². The van der Waals surface area contributed by atoms with Gasteiger partial charge in [0, 0.05) is 42.3 Å². The van der Waals surface area contributed by atoms with Gasteiger partial charge in [-0.2, -0.15) is 0 Å². The second-order valence-corrected chi connectivity index (χ2v) is 7.48. The van der Waals surface area contributed by atoms with Gasteiger partial charge < -0.3 is 14.4 Å². The fourth-order valence-corrected chi connectivity index (χ4v) is 3.68. The van der Waals surface area contributed by atoms with Crippen molar-refractivity contribution in [3.05, 3.63) is 36.0 Å². The molecule has 2 rings (SSSR count). The third-order valence-corrected chi connectivity index (χ3v) is 5.00. The van der Waals surface area contributed by atoms with Crippen LogP contribution < -0.4 is 0 Å². The minimum Gasteiger partial charge on any atom is -0.342 e. The van der Waals surface area contributed by atoms with Crippen molar-refractivity contribution in [3.63, 3.8) is 0 Å². The van der Waals surface area contributed by atoms with Gasteiger partial charge in [0.25, 0.3) is 11.7 Å². The summed E-state index contributed by atoms with van der Waals surface area (Å²) >= 11 is 0. The van der Waals surface area contributed by atoms with E-state index in [0.717, 1.165) is 5.52 Å². The average molecular weight is 386 g/mol. The molecule has 0 N–H and O–H groups in total. The summed E-state index contributed by atoms with van der Waals surface area (Å²) in [5.74, 6) is -1.06. The third-order valence-electron chi connectivity index (χ3n) is 5.00. The molecule has 0 saturated heterocycles. The molecule has 0 atom stereocenters. The number of aromatic nitrogens is 1. The standard InChI is InChI=1S/C22H31N3O3/c1-7-23(8-2)20(26)14-24-13-18(17-11-9-10-12-19(17)24)21(27)22(28)25(15(3)4)16(5)6/h9-13,15-16H,7-8,14H2,1-6H3. The molecule has 0 aliphatic carbocycles. The maximum absolute atomic E-state index is 13.1. The molecule has 0 aliphatic rings. The first-order valence-corrected chi connectivity index (χ1v) is 9.95. The van der Waals surface area contributed by atoms with Gasteiger partial charge >= 0.3 is 0 Å². The van der Waals surface area contributed by atoms with Crippen LogP contribution in [0.1, 0.15) is 51.9 Å². The van der Waals surface area contributed by atoms with Crippen LogP contribution in [0, 0.1) is 0 Å². The van der Waals surface area contributed by atoms with E-state index in [0.29, 0.717) is 24.0 Å². The number of amides is 2. The summed E-state index contributed by atoms with van der Waals surface area (Å²) in [7, 11) is 0. The van der Waals surface area contributed by atoms with Crippen molar-refractivity contribution in [2.24, 2.45) is 0 Å². The van der Waals surface area contributed by atoms with Crippen LogP contribution in [0.15, 0.2) is 30.5 Å². The van der Waals surface area contributed by atoms with Crippen molar-refractivity contribution >= 4 is 28.5 Å². The number of Topliss-reactive ketones (excluding diaryl/α,β-unsaturated/α-hetero) is 1. The van der Waals surface area contributed by atoms with Crippen molar-refractivity contribution < 1.29 is 14.4 Å². The molecule has 2 aromatic rings. The van der Waals surface area contributed by atoms with E-state index in [1.165, 1.54) is 0 Å². The molecule has 1 aromatic carbocycles. The van der Waals surface area contributed by atoms with Crippen molar-refractivity contribution in [1.29, 1.82) is 0 Å². The van der Waals surface area contributed by atoms with Crippen LogP contribution in [-0.2, 0) is 16.1 Å². The number of hydrogen-bond acceptors (Lipinski definition) is 3. The van der Waals surface area contributed by atoms with Gasteiger partial charge in [-0.1, -0.05) is 18.2 Å². The van der Waals surface area contributed by atoms with Gasteiger partial charge in [0.15, 0.2) is 0 Å². The topological polar surface area (TPSA) is 62.6 Å². The molecule has 2 amide bonds. The van der Waals surface area contributed by atoms with Crippen molar-refractivity contribution in [3.8, 4) is 0 Å². The van der Waals surface area contributed by atoms with E-state index in [4.69, 9.17) is 0 Å². The molecule has 152 valence electrons. The lowest BCUT2D eigenvalue weighted by Gasteiger charge is -2.29. The van der Waals surface area contributed by atoms with Gasteiger partial charge in [0.2, 0.25) is 5.91 Å². The second kappa shape index (κ2) is 9.04. The maximum Gasteiger partial charge on any atom is 0.295 e. The quantitative estimate of drug-likeness (QED) is 0.517. The first kappa shape index (κ1) is 21.7. The molecule has 0 spiro atoms. The summed E-state index contributed by atoms with van der Waals surface area (Å²) in [4.78, 5) is 41.9. The Hall–Kier alpha value is -2.63. The molecule has 6 nitrogen and oxygen atoms in total. The van der Waals surface area contributed by atoms with Crippen molar-refractivity contribution in [1.82, 2.24) is 14.4 Å². The highest BCUT2D eigenvalue weighted by Gasteiger charge is 2.29. The molecular formula is C22H31N3O3. The van der Waals surface area contributed by atoms with Crippen LogP contribution >= 0.6 is 0 Å². The van der Waals surface area contributed by atoms with E-state index < -0.39 is 11.7 Å². The molecule has 0 unspecified atom stereocenters. The molecule has 0 fully saturated rings. The summed E-state index contributed by atoms with van der Waals surface area (Å²) in [6.45, 7) is 12.9. The lowest BCUT2D eigenvalue weighted by Crippen LogP contribution is -2.45. The van der Waals surface area contributed by atoms with Crippen LogP contribution in [0.4, 0.5) is 0 Å². The zero-order chi connectivity index (χ0) is 21.0. The van der Waals surface area contributed by atoms with E-state index in [1.54, 1.807) is 20.6 Å². The lowest BCUT2D eigenvalue weighted by molar-refractivity contribution is -0.131.